The van der Waals surface area contributed by atoms with E-state index >= 15 is 0 Å². The standard InChI is InChI=1S/C15H28N2O3/c1-5-8-16-14(19)12-6-9-17(10-7-12)13(18)11-20-15(2,3)4/h12H,5-11H2,1-4H3,(H,16,19). The molecule has 1 aliphatic rings. The van der Waals surface area contributed by atoms with E-state index in [1.54, 1.807) is 4.90 Å². The molecule has 5 heteroatoms. The molecule has 0 aromatic rings. The number of rotatable bonds is 5. The van der Waals surface area contributed by atoms with Crippen LogP contribution in [0.2, 0.25) is 0 Å². The average Bonchev–Trinajstić information content (AvgIpc) is 2.41. The highest BCUT2D eigenvalue weighted by Gasteiger charge is 2.27. The first-order valence-corrected chi connectivity index (χ1v) is 7.53. The molecule has 1 N–H and O–H groups in total. The molecule has 0 aromatic carbocycles. The molecule has 2 amide bonds. The maximum Gasteiger partial charge on any atom is 0.248 e. The summed E-state index contributed by atoms with van der Waals surface area (Å²) in [7, 11) is 0. The van der Waals surface area contributed by atoms with E-state index in [4.69, 9.17) is 4.74 Å². The lowest BCUT2D eigenvalue weighted by atomic mass is 9.96. The Bertz CT molecular complexity index is 329. The van der Waals surface area contributed by atoms with Gasteiger partial charge in [-0.1, -0.05) is 6.92 Å². The minimum Gasteiger partial charge on any atom is -0.366 e. The first-order valence-electron chi connectivity index (χ1n) is 7.53. The van der Waals surface area contributed by atoms with Gasteiger partial charge in [0.05, 0.1) is 5.60 Å². The molecule has 20 heavy (non-hydrogen) atoms. The number of ether oxygens (including phenoxy) is 1. The second kappa shape index (κ2) is 7.62. The van der Waals surface area contributed by atoms with E-state index in [9.17, 15) is 9.59 Å². The highest BCUT2D eigenvalue weighted by atomic mass is 16.5. The molecule has 0 atom stereocenters. The van der Waals surface area contributed by atoms with Crippen LogP contribution in [0.4, 0.5) is 0 Å². The van der Waals surface area contributed by atoms with Crippen molar-refractivity contribution in [1.29, 1.82) is 0 Å². The van der Waals surface area contributed by atoms with Crippen molar-refractivity contribution >= 4 is 11.8 Å². The van der Waals surface area contributed by atoms with E-state index in [-0.39, 0.29) is 29.9 Å². The molecule has 0 spiro atoms. The minimum atomic E-state index is -0.298. The lowest BCUT2D eigenvalue weighted by Gasteiger charge is -2.32. The van der Waals surface area contributed by atoms with Crippen LogP contribution in [0, 0.1) is 5.92 Å². The van der Waals surface area contributed by atoms with E-state index in [1.807, 2.05) is 27.7 Å². The molecule has 116 valence electrons. The number of likely N-dealkylation sites (tertiary alicyclic amines) is 1. The number of amides is 2. The Hall–Kier alpha value is -1.10. The zero-order chi connectivity index (χ0) is 15.2. The summed E-state index contributed by atoms with van der Waals surface area (Å²) in [5.74, 6) is 0.200. The minimum absolute atomic E-state index is 0.0207. The van der Waals surface area contributed by atoms with Crippen LogP contribution in [0.15, 0.2) is 0 Å². The maximum absolute atomic E-state index is 12.0. The van der Waals surface area contributed by atoms with Gasteiger partial charge in [0.2, 0.25) is 11.8 Å². The molecule has 1 rings (SSSR count). The van der Waals surface area contributed by atoms with Crippen molar-refractivity contribution in [2.45, 2.75) is 52.6 Å². The Morgan fingerprint density at radius 2 is 1.85 bits per heavy atom. The summed E-state index contributed by atoms with van der Waals surface area (Å²) in [6, 6.07) is 0. The van der Waals surface area contributed by atoms with Crippen LogP contribution in [0.25, 0.3) is 0 Å². The smallest absolute Gasteiger partial charge is 0.248 e. The molecule has 0 radical (unpaired) electrons. The van der Waals surface area contributed by atoms with Crippen molar-refractivity contribution in [1.82, 2.24) is 10.2 Å². The summed E-state index contributed by atoms with van der Waals surface area (Å²) in [6.45, 7) is 10.00. The summed E-state index contributed by atoms with van der Waals surface area (Å²) >= 11 is 0. The summed E-state index contributed by atoms with van der Waals surface area (Å²) in [6.07, 6.45) is 2.45. The van der Waals surface area contributed by atoms with Gasteiger partial charge >= 0.3 is 0 Å². The fourth-order valence-electron chi connectivity index (χ4n) is 2.15. The Morgan fingerprint density at radius 3 is 2.35 bits per heavy atom. The van der Waals surface area contributed by atoms with Gasteiger partial charge in [-0.2, -0.15) is 0 Å². The van der Waals surface area contributed by atoms with Crippen LogP contribution in [0.3, 0.4) is 0 Å². The molecule has 1 fully saturated rings. The molecule has 0 saturated carbocycles. The Balaban J connectivity index is 2.31. The highest BCUT2D eigenvalue weighted by molar-refractivity contribution is 5.80. The normalized spacial score (nSPS) is 17.1. The van der Waals surface area contributed by atoms with Crippen molar-refractivity contribution in [3.63, 3.8) is 0 Å². The summed E-state index contributed by atoms with van der Waals surface area (Å²) in [5.41, 5.74) is -0.298. The summed E-state index contributed by atoms with van der Waals surface area (Å²) in [4.78, 5) is 25.6. The van der Waals surface area contributed by atoms with Crippen LogP contribution in [0.5, 0.6) is 0 Å². The largest absolute Gasteiger partial charge is 0.366 e. The monoisotopic (exact) mass is 284 g/mol. The first-order chi connectivity index (χ1) is 9.33. The van der Waals surface area contributed by atoms with Crippen LogP contribution >= 0.6 is 0 Å². The molecular formula is C15H28N2O3. The Morgan fingerprint density at radius 1 is 1.25 bits per heavy atom. The number of carbonyl (C=O) groups excluding carboxylic acids is 2. The highest BCUT2D eigenvalue weighted by Crippen LogP contribution is 2.18. The third-order valence-electron chi connectivity index (χ3n) is 3.40. The van der Waals surface area contributed by atoms with E-state index in [1.165, 1.54) is 0 Å². The van der Waals surface area contributed by atoms with E-state index in [2.05, 4.69) is 5.32 Å². The molecule has 1 saturated heterocycles. The van der Waals surface area contributed by atoms with E-state index < -0.39 is 0 Å². The fourth-order valence-corrected chi connectivity index (χ4v) is 2.15. The van der Waals surface area contributed by atoms with Gasteiger partial charge < -0.3 is 15.0 Å². The second-order valence-corrected chi connectivity index (χ2v) is 6.35. The van der Waals surface area contributed by atoms with Crippen molar-refractivity contribution in [2.24, 2.45) is 5.92 Å². The second-order valence-electron chi connectivity index (χ2n) is 6.35. The van der Waals surface area contributed by atoms with Gasteiger partial charge in [0.1, 0.15) is 6.61 Å². The van der Waals surface area contributed by atoms with Crippen LogP contribution < -0.4 is 5.32 Å². The lowest BCUT2D eigenvalue weighted by molar-refractivity contribution is -0.143. The number of nitrogens with zero attached hydrogens (tertiary/aromatic N) is 1. The number of carbonyl (C=O) groups is 2. The molecule has 0 unspecified atom stereocenters. The van der Waals surface area contributed by atoms with E-state index in [0.29, 0.717) is 13.1 Å². The molecule has 0 aliphatic carbocycles. The van der Waals surface area contributed by atoms with Crippen molar-refractivity contribution in [3.8, 4) is 0 Å². The average molecular weight is 284 g/mol. The molecule has 1 heterocycles. The number of hydrogen-bond donors (Lipinski definition) is 1. The van der Waals surface area contributed by atoms with Gasteiger partial charge in [-0.3, -0.25) is 9.59 Å². The quantitative estimate of drug-likeness (QED) is 0.833. The zero-order valence-electron chi connectivity index (χ0n) is 13.2. The maximum atomic E-state index is 12.0. The summed E-state index contributed by atoms with van der Waals surface area (Å²) < 4.78 is 5.50. The molecular weight excluding hydrogens is 256 g/mol. The Labute approximate surface area is 122 Å². The molecule has 5 nitrogen and oxygen atoms in total. The fraction of sp³-hybridized carbons (Fsp3) is 0.867. The molecule has 1 aliphatic heterocycles. The van der Waals surface area contributed by atoms with Crippen molar-refractivity contribution < 1.29 is 14.3 Å². The van der Waals surface area contributed by atoms with E-state index in [0.717, 1.165) is 25.8 Å². The SMILES string of the molecule is CCCNC(=O)C1CCN(C(=O)COC(C)(C)C)CC1. The van der Waals surface area contributed by atoms with Crippen LogP contribution in [0.1, 0.15) is 47.0 Å². The van der Waals surface area contributed by atoms with Gasteiger partial charge in [0.15, 0.2) is 0 Å². The predicted octanol–water partition coefficient (Wildman–Crippen LogP) is 1.57. The topological polar surface area (TPSA) is 58.6 Å². The number of piperidine rings is 1. The lowest BCUT2D eigenvalue weighted by Crippen LogP contribution is -2.45. The van der Waals surface area contributed by atoms with Gasteiger partial charge in [0.25, 0.3) is 0 Å². The van der Waals surface area contributed by atoms with Gasteiger partial charge in [0, 0.05) is 25.6 Å². The third kappa shape index (κ3) is 5.90. The van der Waals surface area contributed by atoms with Crippen LogP contribution in [-0.2, 0) is 14.3 Å². The predicted molar refractivity (Wildman–Crippen MR) is 78.3 cm³/mol. The van der Waals surface area contributed by atoms with Gasteiger partial charge in [-0.15, -0.1) is 0 Å². The number of nitrogens with one attached hydrogen (secondary N) is 1. The Kier molecular flexibility index (Phi) is 6.46. The third-order valence-corrected chi connectivity index (χ3v) is 3.40. The van der Waals surface area contributed by atoms with Crippen molar-refractivity contribution in [3.05, 3.63) is 0 Å². The molecule has 0 bridgehead atoms. The van der Waals surface area contributed by atoms with Gasteiger partial charge in [-0.05, 0) is 40.0 Å². The number of hydrogen-bond acceptors (Lipinski definition) is 3. The summed E-state index contributed by atoms with van der Waals surface area (Å²) in [5, 5.41) is 2.92. The molecule has 0 aromatic heterocycles. The zero-order valence-corrected chi connectivity index (χ0v) is 13.2. The van der Waals surface area contributed by atoms with Gasteiger partial charge in [-0.25, -0.2) is 0 Å². The van der Waals surface area contributed by atoms with Crippen molar-refractivity contribution in [2.75, 3.05) is 26.2 Å². The first kappa shape index (κ1) is 17.0. The van der Waals surface area contributed by atoms with Crippen LogP contribution in [-0.4, -0.2) is 48.6 Å².